The van der Waals surface area contributed by atoms with E-state index < -0.39 is 0 Å². The van der Waals surface area contributed by atoms with Gasteiger partial charge >= 0.3 is 0 Å². The van der Waals surface area contributed by atoms with Crippen LogP contribution in [0.1, 0.15) is 11.1 Å². The maximum atomic E-state index is 7.03. The first kappa shape index (κ1) is 11.3. The van der Waals surface area contributed by atoms with Crippen LogP contribution in [0.25, 0.3) is 17.2 Å². The van der Waals surface area contributed by atoms with E-state index in [2.05, 4.69) is 49.4 Å². The van der Waals surface area contributed by atoms with E-state index in [1.165, 1.54) is 22.9 Å². The van der Waals surface area contributed by atoms with Crippen molar-refractivity contribution in [3.8, 4) is 11.1 Å². The lowest BCUT2D eigenvalue weighted by Gasteiger charge is -2.08. The van der Waals surface area contributed by atoms with Gasteiger partial charge in [-0.15, -0.1) is 0 Å². The summed E-state index contributed by atoms with van der Waals surface area (Å²) in [5.41, 5.74) is 4.89. The molecule has 0 fully saturated rings. The minimum Gasteiger partial charge on any atom is -0.309 e. The number of hydrogen-bond donors (Lipinski definition) is 1. The van der Waals surface area contributed by atoms with Crippen molar-refractivity contribution in [2.45, 2.75) is 6.92 Å². The van der Waals surface area contributed by atoms with Crippen LogP contribution in [0.2, 0.25) is 0 Å². The van der Waals surface area contributed by atoms with Gasteiger partial charge in [-0.25, -0.2) is 0 Å². The molecule has 2 aromatic rings. The van der Waals surface area contributed by atoms with Gasteiger partial charge in [0.15, 0.2) is 0 Å². The van der Waals surface area contributed by atoms with E-state index in [0.29, 0.717) is 0 Å². The predicted molar refractivity (Wildman–Crippen MR) is 74.4 cm³/mol. The standard InChI is InChI=1S/C16H15N/c1-13-14(10-6-12-17)9-5-11-16(13)15-7-3-2-4-8-15/h2-12,17H,1H3/b10-6+,17-12?. The third-order valence-corrected chi connectivity index (χ3v) is 2.83. The zero-order valence-corrected chi connectivity index (χ0v) is 9.85. The molecule has 2 rings (SSSR count). The first-order valence-corrected chi connectivity index (χ1v) is 5.65. The Balaban J connectivity index is 2.50. The van der Waals surface area contributed by atoms with Crippen molar-refractivity contribution in [3.63, 3.8) is 0 Å². The third kappa shape index (κ3) is 2.51. The molecule has 0 aromatic heterocycles. The van der Waals surface area contributed by atoms with Crippen LogP contribution < -0.4 is 0 Å². The van der Waals surface area contributed by atoms with E-state index in [0.717, 1.165) is 5.56 Å². The highest BCUT2D eigenvalue weighted by Crippen LogP contribution is 2.25. The highest BCUT2D eigenvalue weighted by atomic mass is 14.3. The van der Waals surface area contributed by atoms with Crippen molar-refractivity contribution in [1.29, 1.82) is 5.41 Å². The Morgan fingerprint density at radius 3 is 2.41 bits per heavy atom. The van der Waals surface area contributed by atoms with Gasteiger partial charge in [-0.3, -0.25) is 0 Å². The molecule has 0 saturated heterocycles. The lowest BCUT2D eigenvalue weighted by molar-refractivity contribution is 1.43. The molecule has 0 aliphatic heterocycles. The molecule has 17 heavy (non-hydrogen) atoms. The van der Waals surface area contributed by atoms with Gasteiger partial charge in [-0.2, -0.15) is 0 Å². The Bertz CT molecular complexity index is 539. The molecule has 0 amide bonds. The largest absolute Gasteiger partial charge is 0.309 e. The third-order valence-electron chi connectivity index (χ3n) is 2.83. The number of rotatable bonds is 3. The number of hydrogen-bond acceptors (Lipinski definition) is 1. The molecule has 0 unspecified atom stereocenters. The molecule has 1 heteroatoms. The Labute approximate surface area is 102 Å². The Morgan fingerprint density at radius 1 is 0.941 bits per heavy atom. The smallest absolute Gasteiger partial charge is 0.0177 e. The molecular formula is C16H15N. The van der Waals surface area contributed by atoms with E-state index in [-0.39, 0.29) is 0 Å². The highest BCUT2D eigenvalue weighted by molar-refractivity contribution is 5.79. The van der Waals surface area contributed by atoms with Crippen LogP contribution in [0.3, 0.4) is 0 Å². The Hall–Kier alpha value is -2.15. The minimum atomic E-state index is 1.16. The summed E-state index contributed by atoms with van der Waals surface area (Å²) in [5.74, 6) is 0. The zero-order valence-electron chi connectivity index (χ0n) is 9.85. The highest BCUT2D eigenvalue weighted by Gasteiger charge is 2.03. The van der Waals surface area contributed by atoms with Crippen molar-refractivity contribution in [2.75, 3.05) is 0 Å². The summed E-state index contributed by atoms with van der Waals surface area (Å²) in [6, 6.07) is 16.6. The fraction of sp³-hybridized carbons (Fsp3) is 0.0625. The van der Waals surface area contributed by atoms with Crippen LogP contribution in [0.15, 0.2) is 54.6 Å². The molecule has 1 nitrogen and oxygen atoms in total. The first-order chi connectivity index (χ1) is 8.33. The van der Waals surface area contributed by atoms with Crippen molar-refractivity contribution >= 4 is 12.3 Å². The van der Waals surface area contributed by atoms with Crippen LogP contribution in [0.5, 0.6) is 0 Å². The van der Waals surface area contributed by atoms with Crippen molar-refractivity contribution in [3.05, 3.63) is 65.7 Å². The number of allylic oxidation sites excluding steroid dienone is 1. The summed E-state index contributed by atoms with van der Waals surface area (Å²) in [7, 11) is 0. The van der Waals surface area contributed by atoms with Gasteiger partial charge in [0.05, 0.1) is 0 Å². The monoisotopic (exact) mass is 221 g/mol. The summed E-state index contributed by atoms with van der Waals surface area (Å²) in [6.45, 7) is 2.12. The average Bonchev–Trinajstić information content (AvgIpc) is 2.39. The summed E-state index contributed by atoms with van der Waals surface area (Å²) in [6.07, 6.45) is 5.01. The summed E-state index contributed by atoms with van der Waals surface area (Å²) >= 11 is 0. The summed E-state index contributed by atoms with van der Waals surface area (Å²) < 4.78 is 0. The molecular weight excluding hydrogens is 206 g/mol. The van der Waals surface area contributed by atoms with Crippen molar-refractivity contribution in [1.82, 2.24) is 0 Å². The van der Waals surface area contributed by atoms with Crippen LogP contribution >= 0.6 is 0 Å². The molecule has 2 aromatic carbocycles. The topological polar surface area (TPSA) is 23.9 Å². The van der Waals surface area contributed by atoms with E-state index >= 15 is 0 Å². The molecule has 0 heterocycles. The Morgan fingerprint density at radius 2 is 1.71 bits per heavy atom. The number of benzene rings is 2. The lowest BCUT2D eigenvalue weighted by atomic mass is 9.96. The maximum absolute atomic E-state index is 7.03. The van der Waals surface area contributed by atoms with Crippen LogP contribution in [-0.4, -0.2) is 6.21 Å². The molecule has 0 bridgehead atoms. The molecule has 0 saturated carbocycles. The summed E-state index contributed by atoms with van der Waals surface area (Å²) in [4.78, 5) is 0. The van der Waals surface area contributed by atoms with Crippen LogP contribution in [0, 0.1) is 12.3 Å². The zero-order chi connectivity index (χ0) is 12.1. The fourth-order valence-corrected chi connectivity index (χ4v) is 1.92. The van der Waals surface area contributed by atoms with Crippen LogP contribution in [-0.2, 0) is 0 Å². The second-order valence-corrected chi connectivity index (χ2v) is 3.91. The molecule has 0 aliphatic rings. The normalized spacial score (nSPS) is 10.6. The fourth-order valence-electron chi connectivity index (χ4n) is 1.92. The lowest BCUT2D eigenvalue weighted by Crippen LogP contribution is -1.86. The van der Waals surface area contributed by atoms with Gasteiger partial charge in [-0.05, 0) is 35.3 Å². The van der Waals surface area contributed by atoms with E-state index in [1.54, 1.807) is 6.08 Å². The second kappa shape index (κ2) is 5.26. The van der Waals surface area contributed by atoms with E-state index in [9.17, 15) is 0 Å². The molecule has 0 radical (unpaired) electrons. The first-order valence-electron chi connectivity index (χ1n) is 5.65. The average molecular weight is 221 g/mol. The number of nitrogens with one attached hydrogen (secondary N) is 1. The van der Waals surface area contributed by atoms with Crippen molar-refractivity contribution in [2.24, 2.45) is 0 Å². The van der Waals surface area contributed by atoms with E-state index in [1.807, 2.05) is 12.1 Å². The van der Waals surface area contributed by atoms with E-state index in [4.69, 9.17) is 5.41 Å². The molecule has 0 atom stereocenters. The van der Waals surface area contributed by atoms with Crippen molar-refractivity contribution < 1.29 is 0 Å². The molecule has 84 valence electrons. The summed E-state index contributed by atoms with van der Waals surface area (Å²) in [5, 5.41) is 7.03. The van der Waals surface area contributed by atoms with Gasteiger partial charge in [0.2, 0.25) is 0 Å². The van der Waals surface area contributed by atoms with Gasteiger partial charge in [0.1, 0.15) is 0 Å². The van der Waals surface area contributed by atoms with Gasteiger partial charge < -0.3 is 5.41 Å². The maximum Gasteiger partial charge on any atom is 0.0177 e. The molecule has 0 aliphatic carbocycles. The van der Waals surface area contributed by atoms with Gasteiger partial charge in [0, 0.05) is 6.21 Å². The SMILES string of the molecule is Cc1c(/C=C/C=N)cccc1-c1ccccc1. The molecule has 1 N–H and O–H groups in total. The quantitative estimate of drug-likeness (QED) is 0.746. The molecule has 0 spiro atoms. The predicted octanol–water partition coefficient (Wildman–Crippen LogP) is 4.32. The van der Waals surface area contributed by atoms with Gasteiger partial charge in [0.25, 0.3) is 0 Å². The minimum absolute atomic E-state index is 1.16. The second-order valence-electron chi connectivity index (χ2n) is 3.91. The van der Waals surface area contributed by atoms with Crippen LogP contribution in [0.4, 0.5) is 0 Å². The Kier molecular flexibility index (Phi) is 3.51. The van der Waals surface area contributed by atoms with Gasteiger partial charge in [-0.1, -0.05) is 54.6 Å².